The standard InChI is InChI=1S/C14H26N4O/c1-4-6-13-15-14(16-19-13)18-9-5-7-12(11-18)8-10-17(2)3/h12H,4-11H2,1-3H3. The van der Waals surface area contributed by atoms with E-state index in [2.05, 4.69) is 41.0 Å². The first kappa shape index (κ1) is 14.3. The first-order chi connectivity index (χ1) is 9.19. The highest BCUT2D eigenvalue weighted by Crippen LogP contribution is 2.23. The fourth-order valence-electron chi connectivity index (χ4n) is 2.61. The molecule has 1 aromatic heterocycles. The fraction of sp³-hybridized carbons (Fsp3) is 0.857. The fourth-order valence-corrected chi connectivity index (χ4v) is 2.61. The predicted molar refractivity (Wildman–Crippen MR) is 76.4 cm³/mol. The van der Waals surface area contributed by atoms with Gasteiger partial charge in [0.1, 0.15) is 0 Å². The average Bonchev–Trinajstić information content (AvgIpc) is 2.86. The SMILES string of the molecule is CCCc1nc(N2CCCC(CCN(C)C)C2)no1. The number of anilines is 1. The second kappa shape index (κ2) is 6.89. The molecule has 5 heteroatoms. The minimum absolute atomic E-state index is 0.754. The van der Waals surface area contributed by atoms with Crippen LogP contribution in [0.5, 0.6) is 0 Å². The van der Waals surface area contributed by atoms with E-state index >= 15 is 0 Å². The molecule has 5 nitrogen and oxygen atoms in total. The summed E-state index contributed by atoms with van der Waals surface area (Å²) in [6.07, 6.45) is 5.74. The number of aryl methyl sites for hydroxylation is 1. The van der Waals surface area contributed by atoms with Gasteiger partial charge in [-0.1, -0.05) is 6.92 Å². The van der Waals surface area contributed by atoms with Crippen molar-refractivity contribution in [1.82, 2.24) is 15.0 Å². The van der Waals surface area contributed by atoms with E-state index in [0.29, 0.717) is 0 Å². The summed E-state index contributed by atoms with van der Waals surface area (Å²) in [6.45, 7) is 5.41. The Balaban J connectivity index is 1.88. The zero-order valence-corrected chi connectivity index (χ0v) is 12.4. The average molecular weight is 266 g/mol. The highest BCUT2D eigenvalue weighted by molar-refractivity contribution is 5.28. The van der Waals surface area contributed by atoms with Crippen molar-refractivity contribution in [2.45, 2.75) is 39.0 Å². The molecule has 1 unspecified atom stereocenters. The zero-order valence-electron chi connectivity index (χ0n) is 12.4. The molecule has 0 N–H and O–H groups in total. The third-order valence-corrected chi connectivity index (χ3v) is 3.71. The lowest BCUT2D eigenvalue weighted by molar-refractivity contribution is 0.316. The Bertz CT molecular complexity index is 377. The van der Waals surface area contributed by atoms with E-state index in [1.807, 2.05) is 0 Å². The summed E-state index contributed by atoms with van der Waals surface area (Å²) < 4.78 is 5.28. The van der Waals surface area contributed by atoms with Crippen molar-refractivity contribution in [2.75, 3.05) is 38.6 Å². The smallest absolute Gasteiger partial charge is 0.266 e. The van der Waals surface area contributed by atoms with Crippen molar-refractivity contribution in [1.29, 1.82) is 0 Å². The van der Waals surface area contributed by atoms with Gasteiger partial charge in [0.2, 0.25) is 5.89 Å². The molecule has 1 saturated heterocycles. The molecular formula is C14H26N4O. The van der Waals surface area contributed by atoms with Gasteiger partial charge in [0, 0.05) is 19.5 Å². The highest BCUT2D eigenvalue weighted by atomic mass is 16.5. The Morgan fingerprint density at radius 3 is 3.00 bits per heavy atom. The second-order valence-corrected chi connectivity index (χ2v) is 5.78. The number of nitrogens with zero attached hydrogens (tertiary/aromatic N) is 4. The van der Waals surface area contributed by atoms with Crippen LogP contribution in [-0.2, 0) is 6.42 Å². The molecule has 108 valence electrons. The summed E-state index contributed by atoms with van der Waals surface area (Å²) in [5.41, 5.74) is 0. The molecule has 1 aliphatic heterocycles. The quantitative estimate of drug-likeness (QED) is 0.790. The largest absolute Gasteiger partial charge is 0.338 e. The Morgan fingerprint density at radius 2 is 2.26 bits per heavy atom. The molecule has 19 heavy (non-hydrogen) atoms. The third kappa shape index (κ3) is 4.20. The molecule has 0 saturated carbocycles. The monoisotopic (exact) mass is 266 g/mol. The second-order valence-electron chi connectivity index (χ2n) is 5.78. The lowest BCUT2D eigenvalue weighted by Gasteiger charge is -2.32. The Morgan fingerprint density at radius 1 is 1.42 bits per heavy atom. The Labute approximate surface area is 116 Å². The molecule has 1 fully saturated rings. The van der Waals surface area contributed by atoms with Gasteiger partial charge in [0.15, 0.2) is 0 Å². The minimum atomic E-state index is 0.754. The molecule has 0 spiro atoms. The van der Waals surface area contributed by atoms with Crippen molar-refractivity contribution in [3.63, 3.8) is 0 Å². The van der Waals surface area contributed by atoms with Crippen molar-refractivity contribution in [3.05, 3.63) is 5.89 Å². The van der Waals surface area contributed by atoms with Crippen LogP contribution in [0.2, 0.25) is 0 Å². The van der Waals surface area contributed by atoms with Gasteiger partial charge in [0.25, 0.3) is 5.95 Å². The number of hydrogen-bond donors (Lipinski definition) is 0. The van der Waals surface area contributed by atoms with Gasteiger partial charge in [-0.2, -0.15) is 4.98 Å². The lowest BCUT2D eigenvalue weighted by Crippen LogP contribution is -2.37. The summed E-state index contributed by atoms with van der Waals surface area (Å²) in [7, 11) is 4.27. The van der Waals surface area contributed by atoms with Gasteiger partial charge >= 0.3 is 0 Å². The van der Waals surface area contributed by atoms with Crippen LogP contribution in [-0.4, -0.2) is 48.8 Å². The molecule has 2 rings (SSSR count). The molecule has 0 aliphatic carbocycles. The molecule has 1 aromatic rings. The van der Waals surface area contributed by atoms with Crippen LogP contribution in [0.15, 0.2) is 4.52 Å². The molecule has 1 aliphatic rings. The van der Waals surface area contributed by atoms with Crippen molar-refractivity contribution < 1.29 is 4.52 Å². The van der Waals surface area contributed by atoms with E-state index in [0.717, 1.165) is 50.2 Å². The molecule has 0 aromatic carbocycles. The Kier molecular flexibility index (Phi) is 5.19. The van der Waals surface area contributed by atoms with Gasteiger partial charge < -0.3 is 14.3 Å². The van der Waals surface area contributed by atoms with Gasteiger partial charge in [-0.25, -0.2) is 0 Å². The van der Waals surface area contributed by atoms with E-state index in [-0.39, 0.29) is 0 Å². The molecule has 1 atom stereocenters. The first-order valence-electron chi connectivity index (χ1n) is 7.41. The molecule has 0 radical (unpaired) electrons. The van der Waals surface area contributed by atoms with E-state index in [9.17, 15) is 0 Å². The summed E-state index contributed by atoms with van der Waals surface area (Å²) in [5.74, 6) is 2.31. The summed E-state index contributed by atoms with van der Waals surface area (Å²) >= 11 is 0. The molecule has 0 bridgehead atoms. The maximum Gasteiger partial charge on any atom is 0.266 e. The van der Waals surface area contributed by atoms with Crippen LogP contribution in [0.3, 0.4) is 0 Å². The number of piperidine rings is 1. The highest BCUT2D eigenvalue weighted by Gasteiger charge is 2.23. The zero-order chi connectivity index (χ0) is 13.7. The topological polar surface area (TPSA) is 45.4 Å². The van der Waals surface area contributed by atoms with Gasteiger partial charge in [-0.15, -0.1) is 0 Å². The van der Waals surface area contributed by atoms with Crippen molar-refractivity contribution >= 4 is 5.95 Å². The van der Waals surface area contributed by atoms with E-state index in [1.54, 1.807) is 0 Å². The van der Waals surface area contributed by atoms with E-state index < -0.39 is 0 Å². The third-order valence-electron chi connectivity index (χ3n) is 3.71. The molecule has 2 heterocycles. The van der Waals surface area contributed by atoms with Crippen molar-refractivity contribution in [2.24, 2.45) is 5.92 Å². The minimum Gasteiger partial charge on any atom is -0.338 e. The van der Waals surface area contributed by atoms with Crippen LogP contribution < -0.4 is 4.90 Å². The summed E-state index contributed by atoms with van der Waals surface area (Å²) in [5, 5.41) is 4.12. The molecule has 0 amide bonds. The van der Waals surface area contributed by atoms with Crippen LogP contribution in [0.25, 0.3) is 0 Å². The Hall–Kier alpha value is -1.10. The van der Waals surface area contributed by atoms with Crippen LogP contribution in [0.4, 0.5) is 5.95 Å². The van der Waals surface area contributed by atoms with Gasteiger partial charge in [0.05, 0.1) is 0 Å². The van der Waals surface area contributed by atoms with Gasteiger partial charge in [-0.05, 0) is 57.4 Å². The van der Waals surface area contributed by atoms with Crippen LogP contribution >= 0.6 is 0 Å². The first-order valence-corrected chi connectivity index (χ1v) is 7.41. The van der Waals surface area contributed by atoms with Crippen LogP contribution in [0, 0.1) is 5.92 Å². The predicted octanol–water partition coefficient (Wildman–Crippen LogP) is 2.19. The van der Waals surface area contributed by atoms with E-state index in [4.69, 9.17) is 4.52 Å². The van der Waals surface area contributed by atoms with E-state index in [1.165, 1.54) is 19.3 Å². The number of rotatable bonds is 6. The maximum absolute atomic E-state index is 5.28. The van der Waals surface area contributed by atoms with Gasteiger partial charge in [-0.3, -0.25) is 0 Å². The lowest BCUT2D eigenvalue weighted by atomic mass is 9.95. The van der Waals surface area contributed by atoms with Crippen molar-refractivity contribution in [3.8, 4) is 0 Å². The summed E-state index contributed by atoms with van der Waals surface area (Å²) in [6, 6.07) is 0. The number of hydrogen-bond acceptors (Lipinski definition) is 5. The molecular weight excluding hydrogens is 240 g/mol. The normalized spacial score (nSPS) is 20.2. The summed E-state index contributed by atoms with van der Waals surface area (Å²) in [4.78, 5) is 9.03. The maximum atomic E-state index is 5.28. The number of aromatic nitrogens is 2. The van der Waals surface area contributed by atoms with Crippen LogP contribution in [0.1, 0.15) is 38.5 Å².